The zero-order chi connectivity index (χ0) is 21.5. The van der Waals surface area contributed by atoms with Gasteiger partial charge >= 0.3 is 0 Å². The summed E-state index contributed by atoms with van der Waals surface area (Å²) in [6.45, 7) is 24.5. The Morgan fingerprint density at radius 3 is 1.78 bits per heavy atom. The van der Waals surface area contributed by atoms with Gasteiger partial charge in [-0.05, 0) is 57.3 Å². The van der Waals surface area contributed by atoms with Crippen LogP contribution in [0, 0.1) is 22.7 Å². The fourth-order valence-electron chi connectivity index (χ4n) is 2.88. The summed E-state index contributed by atoms with van der Waals surface area (Å²) in [5, 5.41) is 9.77. The van der Waals surface area contributed by atoms with Gasteiger partial charge in [0.05, 0.1) is 24.4 Å². The van der Waals surface area contributed by atoms with Gasteiger partial charge in [0.25, 0.3) is 0 Å². The van der Waals surface area contributed by atoms with Crippen molar-refractivity contribution in [1.29, 1.82) is 0 Å². The first-order valence-corrected chi connectivity index (χ1v) is 10.5. The van der Waals surface area contributed by atoms with Crippen molar-refractivity contribution in [2.45, 2.75) is 93.3 Å². The summed E-state index contributed by atoms with van der Waals surface area (Å²) in [5.74, 6) is 0.757. The van der Waals surface area contributed by atoms with Crippen molar-refractivity contribution in [3.05, 3.63) is 0 Å². The fraction of sp³-hybridized carbons (Fsp3) is 1.00. The van der Waals surface area contributed by atoms with Gasteiger partial charge in [0.15, 0.2) is 0 Å². The topological polar surface area (TPSA) is 47.9 Å². The molecular weight excluding hydrogens is 340 g/mol. The van der Waals surface area contributed by atoms with Crippen LogP contribution in [-0.4, -0.2) is 49.8 Å². The Balaban J connectivity index is 4.61. The second-order valence-electron chi connectivity index (χ2n) is 10.7. The average molecular weight is 389 g/mol. The monoisotopic (exact) mass is 388 g/mol. The highest BCUT2D eigenvalue weighted by Gasteiger charge is 2.41. The summed E-state index contributed by atoms with van der Waals surface area (Å²) < 4.78 is 17.4. The minimum absolute atomic E-state index is 0.104. The van der Waals surface area contributed by atoms with Crippen LogP contribution in [-0.2, 0) is 14.2 Å². The summed E-state index contributed by atoms with van der Waals surface area (Å²) in [7, 11) is 1.74. The van der Waals surface area contributed by atoms with Gasteiger partial charge in [0.2, 0.25) is 0 Å². The number of hydrogen-bond donors (Lipinski definition) is 1. The number of hydrogen-bond acceptors (Lipinski definition) is 4. The molecule has 0 aromatic rings. The Bertz CT molecular complexity index is 407. The van der Waals surface area contributed by atoms with Crippen LogP contribution in [0.2, 0.25) is 0 Å². The second-order valence-corrected chi connectivity index (χ2v) is 10.7. The number of aliphatic hydroxyl groups is 1. The Hall–Kier alpha value is -0.160. The van der Waals surface area contributed by atoms with Gasteiger partial charge in [-0.15, -0.1) is 0 Å². The molecule has 0 saturated carbocycles. The molecule has 0 aromatic heterocycles. The fourth-order valence-corrected chi connectivity index (χ4v) is 2.88. The van der Waals surface area contributed by atoms with Gasteiger partial charge in [0.1, 0.15) is 0 Å². The third-order valence-corrected chi connectivity index (χ3v) is 7.01. The molecule has 2 atom stereocenters. The predicted octanol–water partition coefficient (Wildman–Crippen LogP) is 5.32. The first-order chi connectivity index (χ1) is 12.1. The van der Waals surface area contributed by atoms with E-state index in [0.717, 1.165) is 19.6 Å². The highest BCUT2D eigenvalue weighted by molar-refractivity contribution is 4.90. The van der Waals surface area contributed by atoms with E-state index in [2.05, 4.69) is 55.4 Å². The highest BCUT2D eigenvalue weighted by Crippen LogP contribution is 2.47. The van der Waals surface area contributed by atoms with E-state index >= 15 is 0 Å². The van der Waals surface area contributed by atoms with E-state index in [1.54, 1.807) is 7.11 Å². The molecule has 4 heteroatoms. The minimum atomic E-state index is -0.659. The van der Waals surface area contributed by atoms with Crippen LogP contribution in [0.15, 0.2) is 0 Å². The summed E-state index contributed by atoms with van der Waals surface area (Å²) in [6, 6.07) is 0. The van der Waals surface area contributed by atoms with Gasteiger partial charge in [-0.1, -0.05) is 41.5 Å². The van der Waals surface area contributed by atoms with Gasteiger partial charge in [-0.3, -0.25) is 0 Å². The first kappa shape index (κ1) is 26.8. The van der Waals surface area contributed by atoms with Crippen LogP contribution in [0.3, 0.4) is 0 Å². The molecule has 0 aliphatic rings. The molecule has 2 unspecified atom stereocenters. The average Bonchev–Trinajstić information content (AvgIpc) is 2.51. The van der Waals surface area contributed by atoms with Crippen LogP contribution in [0.25, 0.3) is 0 Å². The van der Waals surface area contributed by atoms with Gasteiger partial charge in [-0.25, -0.2) is 0 Å². The van der Waals surface area contributed by atoms with Crippen molar-refractivity contribution >= 4 is 0 Å². The molecule has 0 aliphatic carbocycles. The molecule has 0 fully saturated rings. The van der Waals surface area contributed by atoms with Gasteiger partial charge < -0.3 is 19.3 Å². The number of methoxy groups -OCH3 is 1. The van der Waals surface area contributed by atoms with Crippen molar-refractivity contribution < 1.29 is 19.3 Å². The summed E-state index contributed by atoms with van der Waals surface area (Å²) in [4.78, 5) is 0. The quantitative estimate of drug-likeness (QED) is 0.409. The Morgan fingerprint density at radius 1 is 0.778 bits per heavy atom. The molecule has 0 rings (SSSR count). The molecule has 164 valence electrons. The Labute approximate surface area is 169 Å². The summed E-state index contributed by atoms with van der Waals surface area (Å²) in [5.41, 5.74) is -0.641. The molecule has 0 amide bonds. The van der Waals surface area contributed by atoms with Crippen molar-refractivity contribution in [1.82, 2.24) is 0 Å². The zero-order valence-electron chi connectivity index (χ0n) is 20.1. The van der Waals surface area contributed by atoms with E-state index in [9.17, 15) is 5.11 Å². The van der Waals surface area contributed by atoms with Crippen molar-refractivity contribution in [3.63, 3.8) is 0 Å². The lowest BCUT2D eigenvalue weighted by Gasteiger charge is -2.47. The smallest absolute Gasteiger partial charge is 0.0673 e. The number of ether oxygens (including phenoxy) is 3. The molecule has 4 nitrogen and oxygen atoms in total. The maximum atomic E-state index is 9.77. The minimum Gasteiger partial charge on any atom is -0.390 e. The molecule has 0 radical (unpaired) electrons. The normalized spacial score (nSPS) is 16.4. The van der Waals surface area contributed by atoms with Gasteiger partial charge in [0, 0.05) is 26.2 Å². The standard InChI is InChI=1S/C23H48O4/c1-18(17-27-23(9,10)19(2)16-25-11)22(7,8)20(3,4)12-14-26-15-13-21(5,6)24/h18-19,24H,12-17H2,1-11H3. The molecule has 0 aliphatic heterocycles. The van der Waals surface area contributed by atoms with E-state index in [0.29, 0.717) is 31.5 Å². The molecule has 0 bridgehead atoms. The van der Waals surface area contributed by atoms with E-state index < -0.39 is 5.60 Å². The zero-order valence-corrected chi connectivity index (χ0v) is 20.1. The summed E-state index contributed by atoms with van der Waals surface area (Å²) >= 11 is 0. The van der Waals surface area contributed by atoms with Crippen LogP contribution in [0.5, 0.6) is 0 Å². The van der Waals surface area contributed by atoms with E-state index in [1.807, 2.05) is 13.8 Å². The van der Waals surface area contributed by atoms with E-state index in [-0.39, 0.29) is 16.4 Å². The second kappa shape index (κ2) is 10.6. The molecular formula is C23H48O4. The van der Waals surface area contributed by atoms with Crippen molar-refractivity contribution in [2.75, 3.05) is 33.5 Å². The lowest BCUT2D eigenvalue weighted by atomic mass is 9.60. The van der Waals surface area contributed by atoms with E-state index in [4.69, 9.17) is 14.2 Å². The van der Waals surface area contributed by atoms with Gasteiger partial charge in [-0.2, -0.15) is 0 Å². The summed E-state index contributed by atoms with van der Waals surface area (Å²) in [6.07, 6.45) is 1.65. The van der Waals surface area contributed by atoms with Crippen LogP contribution in [0.1, 0.15) is 82.1 Å². The third-order valence-electron chi connectivity index (χ3n) is 7.01. The highest BCUT2D eigenvalue weighted by atomic mass is 16.5. The Kier molecular flexibility index (Phi) is 10.5. The molecule has 0 saturated heterocycles. The van der Waals surface area contributed by atoms with Crippen LogP contribution in [0.4, 0.5) is 0 Å². The molecule has 0 aromatic carbocycles. The third kappa shape index (κ3) is 9.25. The molecule has 27 heavy (non-hydrogen) atoms. The molecule has 0 spiro atoms. The number of rotatable bonds is 14. The van der Waals surface area contributed by atoms with E-state index in [1.165, 1.54) is 0 Å². The maximum absolute atomic E-state index is 9.77. The molecule has 1 N–H and O–H groups in total. The van der Waals surface area contributed by atoms with Crippen molar-refractivity contribution in [2.24, 2.45) is 22.7 Å². The lowest BCUT2D eigenvalue weighted by Crippen LogP contribution is -2.43. The first-order valence-electron chi connectivity index (χ1n) is 10.5. The maximum Gasteiger partial charge on any atom is 0.0673 e. The lowest BCUT2D eigenvalue weighted by molar-refractivity contribution is -0.110. The van der Waals surface area contributed by atoms with Crippen molar-refractivity contribution in [3.8, 4) is 0 Å². The van der Waals surface area contributed by atoms with Crippen LogP contribution >= 0.6 is 0 Å². The SMILES string of the molecule is COCC(C)C(C)(C)OCC(C)C(C)(C)C(C)(C)CCOCCC(C)(C)O. The predicted molar refractivity (Wildman–Crippen MR) is 114 cm³/mol. The molecule has 0 heterocycles. The van der Waals surface area contributed by atoms with Crippen LogP contribution < -0.4 is 0 Å². The Morgan fingerprint density at radius 2 is 1.30 bits per heavy atom. The largest absolute Gasteiger partial charge is 0.390 e.